The summed E-state index contributed by atoms with van der Waals surface area (Å²) >= 11 is 0. The molecule has 33 heavy (non-hydrogen) atoms. The van der Waals surface area contributed by atoms with Gasteiger partial charge in [0.2, 0.25) is 11.8 Å². The number of aromatic hydroxyl groups is 1. The highest BCUT2D eigenvalue weighted by Crippen LogP contribution is 2.43. The summed E-state index contributed by atoms with van der Waals surface area (Å²) in [6.45, 7) is 1.16. The van der Waals surface area contributed by atoms with Gasteiger partial charge >= 0.3 is 0 Å². The molecular formula is C25H24F2N2O4. The Kier molecular flexibility index (Phi) is 5.62. The van der Waals surface area contributed by atoms with Crippen LogP contribution in [0.15, 0.2) is 36.4 Å². The minimum atomic E-state index is -0.940. The lowest BCUT2D eigenvalue weighted by Gasteiger charge is -2.33. The first-order valence-corrected chi connectivity index (χ1v) is 11.1. The molecule has 1 saturated heterocycles. The predicted molar refractivity (Wildman–Crippen MR) is 118 cm³/mol. The third-order valence-electron chi connectivity index (χ3n) is 6.57. The molecule has 3 N–H and O–H groups in total. The molecule has 2 heterocycles. The van der Waals surface area contributed by atoms with Crippen LogP contribution >= 0.6 is 0 Å². The number of phenols is 1. The van der Waals surface area contributed by atoms with Gasteiger partial charge in [-0.2, -0.15) is 0 Å². The molecule has 2 aromatic carbocycles. The second kappa shape index (κ2) is 8.59. The Labute approximate surface area is 189 Å². The van der Waals surface area contributed by atoms with Gasteiger partial charge < -0.3 is 20.3 Å². The lowest BCUT2D eigenvalue weighted by Crippen LogP contribution is -2.41. The van der Waals surface area contributed by atoms with E-state index in [2.05, 4.69) is 0 Å². The van der Waals surface area contributed by atoms with E-state index in [0.717, 1.165) is 30.0 Å². The van der Waals surface area contributed by atoms with Crippen molar-refractivity contribution < 1.29 is 28.2 Å². The number of aromatic nitrogens is 1. The number of fused-ring (bicyclic) bond motifs is 1. The zero-order valence-electron chi connectivity index (χ0n) is 17.9. The van der Waals surface area contributed by atoms with Crippen molar-refractivity contribution in [3.63, 3.8) is 0 Å². The van der Waals surface area contributed by atoms with Crippen molar-refractivity contribution in [1.82, 2.24) is 4.98 Å². The molecule has 1 saturated carbocycles. The van der Waals surface area contributed by atoms with Crippen molar-refractivity contribution in [2.24, 2.45) is 11.7 Å². The van der Waals surface area contributed by atoms with E-state index in [0.29, 0.717) is 48.4 Å². The lowest BCUT2D eigenvalue weighted by molar-refractivity contribution is -0.127. The fourth-order valence-corrected chi connectivity index (χ4v) is 4.65. The Bertz CT molecular complexity index is 1220. The quantitative estimate of drug-likeness (QED) is 0.595. The van der Waals surface area contributed by atoms with Gasteiger partial charge in [-0.3, -0.25) is 4.79 Å². The van der Waals surface area contributed by atoms with Crippen LogP contribution in [0, 0.1) is 17.6 Å². The molecule has 0 spiro atoms. The fourth-order valence-electron chi connectivity index (χ4n) is 4.65. The largest absolute Gasteiger partial charge is 0.508 e. The van der Waals surface area contributed by atoms with Crippen LogP contribution in [-0.2, 0) is 9.53 Å². The molecule has 6 nitrogen and oxygen atoms in total. The molecule has 1 aliphatic carbocycles. The number of carbonyl (C=O) groups is 1. The van der Waals surface area contributed by atoms with Crippen molar-refractivity contribution in [2.45, 2.75) is 37.7 Å². The molecule has 0 atom stereocenters. The normalized spacial score (nSPS) is 21.0. The van der Waals surface area contributed by atoms with Crippen molar-refractivity contribution in [3.05, 3.63) is 53.7 Å². The summed E-state index contributed by atoms with van der Waals surface area (Å²) in [6.07, 6.45) is 2.28. The van der Waals surface area contributed by atoms with Crippen molar-refractivity contribution in [2.75, 3.05) is 13.2 Å². The van der Waals surface area contributed by atoms with Crippen LogP contribution < -0.4 is 10.5 Å². The maximum Gasteiger partial charge on any atom is 0.222 e. The number of amides is 1. The molecule has 3 aromatic rings. The van der Waals surface area contributed by atoms with Crippen molar-refractivity contribution >= 4 is 16.7 Å². The number of pyridine rings is 1. The second-order valence-corrected chi connectivity index (χ2v) is 8.73. The van der Waals surface area contributed by atoms with Crippen LogP contribution in [0.3, 0.4) is 0 Å². The maximum absolute atomic E-state index is 14.2. The standard InChI is InChI=1S/C25H24F2N2O4/c26-20-4-1-14(11-21(20)27)22-18-3-2-16(30)12-19(18)25(33-17-9-15(10-17)24(28)31)29-23(22)13-5-7-32-8-6-13/h1-4,11-13,15,17,30H,5-10H2,(H2,28,31). The number of primary amides is 1. The van der Waals surface area contributed by atoms with E-state index < -0.39 is 11.6 Å². The summed E-state index contributed by atoms with van der Waals surface area (Å²) in [5.74, 6) is -2.00. The highest BCUT2D eigenvalue weighted by Gasteiger charge is 2.36. The van der Waals surface area contributed by atoms with E-state index in [1.54, 1.807) is 18.2 Å². The van der Waals surface area contributed by atoms with Gasteiger partial charge in [0.25, 0.3) is 0 Å². The first-order valence-electron chi connectivity index (χ1n) is 11.1. The molecule has 1 aliphatic heterocycles. The summed E-state index contributed by atoms with van der Waals surface area (Å²) in [4.78, 5) is 16.3. The number of halogens is 2. The number of hydrogen-bond acceptors (Lipinski definition) is 5. The highest BCUT2D eigenvalue weighted by molar-refractivity contribution is 6.01. The maximum atomic E-state index is 14.2. The van der Waals surface area contributed by atoms with Crippen LogP contribution in [0.25, 0.3) is 21.9 Å². The average molecular weight is 454 g/mol. The topological polar surface area (TPSA) is 94.7 Å². The molecule has 0 unspecified atom stereocenters. The molecular weight excluding hydrogens is 430 g/mol. The molecule has 1 aromatic heterocycles. The summed E-state index contributed by atoms with van der Waals surface area (Å²) < 4.78 is 39.6. The number of carbonyl (C=O) groups excluding carboxylic acids is 1. The summed E-state index contributed by atoms with van der Waals surface area (Å²) in [5, 5.41) is 11.4. The minimum Gasteiger partial charge on any atom is -0.508 e. The molecule has 1 amide bonds. The number of benzene rings is 2. The predicted octanol–water partition coefficient (Wildman–Crippen LogP) is 4.42. The third kappa shape index (κ3) is 4.11. The van der Waals surface area contributed by atoms with Crippen LogP contribution in [0.4, 0.5) is 8.78 Å². The fraction of sp³-hybridized carbons (Fsp3) is 0.360. The average Bonchev–Trinajstić information content (AvgIpc) is 2.77. The molecule has 0 radical (unpaired) electrons. The highest BCUT2D eigenvalue weighted by atomic mass is 19.2. The van der Waals surface area contributed by atoms with Crippen molar-refractivity contribution in [1.29, 1.82) is 0 Å². The Morgan fingerprint density at radius 1 is 1.06 bits per heavy atom. The van der Waals surface area contributed by atoms with Gasteiger partial charge in [-0.15, -0.1) is 0 Å². The number of nitrogens with zero attached hydrogens (tertiary/aromatic N) is 1. The number of nitrogens with two attached hydrogens (primary N) is 1. The van der Waals surface area contributed by atoms with Gasteiger partial charge in [0.15, 0.2) is 11.6 Å². The van der Waals surface area contributed by atoms with Gasteiger partial charge in [0.1, 0.15) is 11.9 Å². The molecule has 2 fully saturated rings. The van der Waals surface area contributed by atoms with Crippen LogP contribution in [-0.4, -0.2) is 35.3 Å². The van der Waals surface area contributed by atoms with Gasteiger partial charge in [-0.25, -0.2) is 13.8 Å². The number of hydrogen-bond donors (Lipinski definition) is 2. The monoisotopic (exact) mass is 454 g/mol. The summed E-state index contributed by atoms with van der Waals surface area (Å²) in [5.41, 5.74) is 7.29. The van der Waals surface area contributed by atoms with E-state index in [-0.39, 0.29) is 29.6 Å². The summed E-state index contributed by atoms with van der Waals surface area (Å²) in [7, 11) is 0. The smallest absolute Gasteiger partial charge is 0.222 e. The Morgan fingerprint density at radius 2 is 1.82 bits per heavy atom. The lowest BCUT2D eigenvalue weighted by atomic mass is 9.82. The van der Waals surface area contributed by atoms with E-state index in [4.69, 9.17) is 20.2 Å². The SMILES string of the molecule is NC(=O)C1CC(Oc2nc(C3CCOCC3)c(-c3ccc(F)c(F)c3)c3ccc(O)cc23)C1. The van der Waals surface area contributed by atoms with Gasteiger partial charge in [0.05, 0.1) is 5.69 Å². The summed E-state index contributed by atoms with van der Waals surface area (Å²) in [6, 6.07) is 8.66. The minimum absolute atomic E-state index is 0.0350. The number of rotatable bonds is 5. The number of phenolic OH excluding ortho intramolecular Hbond substituents is 1. The molecule has 5 rings (SSSR count). The molecule has 2 aliphatic rings. The van der Waals surface area contributed by atoms with Crippen LogP contribution in [0.1, 0.15) is 37.3 Å². The van der Waals surface area contributed by atoms with E-state index in [9.17, 15) is 18.7 Å². The zero-order valence-corrected chi connectivity index (χ0v) is 17.9. The molecule has 0 bridgehead atoms. The Balaban J connectivity index is 1.67. The van der Waals surface area contributed by atoms with Crippen LogP contribution in [0.5, 0.6) is 11.6 Å². The van der Waals surface area contributed by atoms with Gasteiger partial charge in [-0.05, 0) is 67.0 Å². The number of ether oxygens (including phenoxy) is 2. The van der Waals surface area contributed by atoms with E-state index >= 15 is 0 Å². The Hall–Kier alpha value is -3.26. The first-order chi connectivity index (χ1) is 15.9. The molecule has 172 valence electrons. The molecule has 8 heteroatoms. The van der Waals surface area contributed by atoms with Gasteiger partial charge in [0, 0.05) is 36.0 Å². The van der Waals surface area contributed by atoms with E-state index in [1.807, 2.05) is 0 Å². The van der Waals surface area contributed by atoms with Crippen molar-refractivity contribution in [3.8, 4) is 22.8 Å². The van der Waals surface area contributed by atoms with Crippen LogP contribution in [0.2, 0.25) is 0 Å². The second-order valence-electron chi connectivity index (χ2n) is 8.73. The van der Waals surface area contributed by atoms with E-state index in [1.165, 1.54) is 12.1 Å². The first kappa shape index (κ1) is 21.6. The van der Waals surface area contributed by atoms with Gasteiger partial charge in [-0.1, -0.05) is 6.07 Å². The Morgan fingerprint density at radius 3 is 2.52 bits per heavy atom. The third-order valence-corrected chi connectivity index (χ3v) is 6.57. The zero-order chi connectivity index (χ0) is 23.1.